The van der Waals surface area contributed by atoms with Crippen molar-refractivity contribution in [2.45, 2.75) is 59.4 Å². The van der Waals surface area contributed by atoms with Gasteiger partial charge < -0.3 is 14.8 Å². The summed E-state index contributed by atoms with van der Waals surface area (Å²) in [5.74, 6) is 0.160. The first kappa shape index (κ1) is 26.7. The minimum atomic E-state index is -0.343. The number of rotatable bonds is 5. The Morgan fingerprint density at radius 2 is 1.68 bits per heavy atom. The van der Waals surface area contributed by atoms with E-state index in [0.29, 0.717) is 45.9 Å². The Bertz CT molecular complexity index is 1470. The van der Waals surface area contributed by atoms with Gasteiger partial charge in [-0.3, -0.25) is 14.5 Å². The van der Waals surface area contributed by atoms with Crippen molar-refractivity contribution < 1.29 is 19.1 Å². The van der Waals surface area contributed by atoms with Gasteiger partial charge in [-0.15, -0.1) is 0 Å². The van der Waals surface area contributed by atoms with Gasteiger partial charge in [0, 0.05) is 49.1 Å². The van der Waals surface area contributed by atoms with E-state index in [1.807, 2.05) is 12.1 Å². The molecule has 0 bridgehead atoms. The zero-order chi connectivity index (χ0) is 28.2. The predicted molar refractivity (Wildman–Crippen MR) is 157 cm³/mol. The largest absolute Gasteiger partial charge is 0.478 e. The molecule has 3 atom stereocenters. The highest BCUT2D eigenvalue weighted by atomic mass is 16.5. The zero-order valence-corrected chi connectivity index (χ0v) is 23.9. The molecule has 1 N–H and O–H groups in total. The molecule has 7 heteroatoms. The van der Waals surface area contributed by atoms with E-state index >= 15 is 0 Å². The number of nitrogens with zero attached hydrogens (tertiary/aromatic N) is 2. The summed E-state index contributed by atoms with van der Waals surface area (Å²) in [6.07, 6.45) is 7.10. The highest BCUT2D eigenvalue weighted by Gasteiger charge is 2.38. The molecule has 0 spiro atoms. The number of anilines is 1. The van der Waals surface area contributed by atoms with Gasteiger partial charge in [0.25, 0.3) is 0 Å². The monoisotopic (exact) mass is 539 g/mol. The fourth-order valence-electron chi connectivity index (χ4n) is 6.12. The van der Waals surface area contributed by atoms with Gasteiger partial charge in [-0.2, -0.15) is 0 Å². The average molecular weight is 540 g/mol. The third kappa shape index (κ3) is 4.82. The van der Waals surface area contributed by atoms with E-state index in [2.05, 4.69) is 57.0 Å². The van der Waals surface area contributed by atoms with Crippen molar-refractivity contribution in [1.82, 2.24) is 4.90 Å². The van der Waals surface area contributed by atoms with Gasteiger partial charge in [0.2, 0.25) is 0 Å². The van der Waals surface area contributed by atoms with Gasteiger partial charge in [0.1, 0.15) is 11.4 Å². The molecule has 0 amide bonds. The summed E-state index contributed by atoms with van der Waals surface area (Å²) in [6, 6.07) is 8.88. The fraction of sp³-hybridized carbons (Fsp3) is 0.424. The van der Waals surface area contributed by atoms with E-state index in [4.69, 9.17) is 14.5 Å². The number of carbonyl (C=O) groups is 2. The molecule has 2 aromatic carbocycles. The Morgan fingerprint density at radius 1 is 1.00 bits per heavy atom. The Kier molecular flexibility index (Phi) is 6.75. The second-order valence-corrected chi connectivity index (χ2v) is 12.3. The fourth-order valence-corrected chi connectivity index (χ4v) is 6.12. The van der Waals surface area contributed by atoms with Crippen LogP contribution in [0.2, 0.25) is 0 Å². The van der Waals surface area contributed by atoms with Gasteiger partial charge in [-0.1, -0.05) is 51.1 Å². The Hall–Kier alpha value is -3.55. The highest BCUT2D eigenvalue weighted by Crippen LogP contribution is 2.46. The number of fused-ring (bicyclic) bond motifs is 5. The van der Waals surface area contributed by atoms with Crippen molar-refractivity contribution in [3.63, 3.8) is 0 Å². The number of morpholine rings is 1. The summed E-state index contributed by atoms with van der Waals surface area (Å²) >= 11 is 0. The molecule has 40 heavy (non-hydrogen) atoms. The molecule has 0 aromatic heterocycles. The molecule has 6 rings (SSSR count). The summed E-state index contributed by atoms with van der Waals surface area (Å²) in [5.41, 5.74) is 4.47. The molecule has 1 saturated heterocycles. The lowest BCUT2D eigenvalue weighted by Crippen LogP contribution is -2.45. The van der Waals surface area contributed by atoms with Crippen molar-refractivity contribution in [3.8, 4) is 5.75 Å². The number of ketones is 2. The number of benzene rings is 2. The molecule has 2 aliphatic carbocycles. The van der Waals surface area contributed by atoms with Crippen LogP contribution in [0.5, 0.6) is 5.75 Å². The van der Waals surface area contributed by atoms with E-state index in [9.17, 15) is 9.59 Å². The number of carbonyl (C=O) groups excluding carboxylic acids is 2. The number of aliphatic imine (C=N–C) groups is 1. The lowest BCUT2D eigenvalue weighted by molar-refractivity contribution is -0.0678. The van der Waals surface area contributed by atoms with E-state index in [0.717, 1.165) is 31.8 Å². The minimum Gasteiger partial charge on any atom is -0.478 e. The van der Waals surface area contributed by atoms with Crippen LogP contribution < -0.4 is 10.1 Å². The number of ether oxygens (including phenoxy) is 2. The van der Waals surface area contributed by atoms with Crippen LogP contribution in [0.25, 0.3) is 0 Å². The van der Waals surface area contributed by atoms with E-state index in [-0.39, 0.29) is 35.3 Å². The second kappa shape index (κ2) is 10.1. The summed E-state index contributed by atoms with van der Waals surface area (Å²) in [5, 5.41) is 3.48. The van der Waals surface area contributed by atoms with Crippen LogP contribution in [0.15, 0.2) is 59.1 Å². The van der Waals surface area contributed by atoms with Crippen LogP contribution in [-0.2, 0) is 4.74 Å². The highest BCUT2D eigenvalue weighted by molar-refractivity contribution is 6.32. The predicted octanol–water partition coefficient (Wildman–Crippen LogP) is 5.75. The van der Waals surface area contributed by atoms with Gasteiger partial charge in [-0.25, -0.2) is 4.99 Å². The van der Waals surface area contributed by atoms with Crippen LogP contribution in [-0.4, -0.2) is 66.7 Å². The van der Waals surface area contributed by atoms with Crippen molar-refractivity contribution in [2.24, 2.45) is 10.4 Å². The third-order valence-corrected chi connectivity index (χ3v) is 8.01. The molecule has 2 aliphatic heterocycles. The zero-order valence-electron chi connectivity index (χ0n) is 23.9. The summed E-state index contributed by atoms with van der Waals surface area (Å²) < 4.78 is 12.3. The number of hydrogen-bond acceptors (Lipinski definition) is 7. The standard InChI is InChI=1S/C33H37N3O4/c1-19-17-36(18-20(2)39-19)14-8-13-34-25-16-27-30(35-24-12-11-21(33(3,4)5)15-26(24)40-27)29-28(25)31(37)22-9-6-7-10-23(22)32(29)38/h6-7,9-12,15-16,19-20,26,34H,8,13-14,17-18H2,1-5H3/t19-,20-,26?/m1/s1. The molecule has 2 aromatic rings. The third-order valence-electron chi connectivity index (χ3n) is 8.01. The maximum Gasteiger partial charge on any atom is 0.196 e. The number of nitrogens with one attached hydrogen (secondary N) is 1. The van der Waals surface area contributed by atoms with Crippen molar-refractivity contribution >= 4 is 28.7 Å². The smallest absolute Gasteiger partial charge is 0.196 e. The van der Waals surface area contributed by atoms with Crippen LogP contribution in [0.4, 0.5) is 11.4 Å². The molecule has 1 unspecified atom stereocenters. The Labute approximate surface area is 236 Å². The van der Waals surface area contributed by atoms with Crippen LogP contribution in [0, 0.1) is 5.41 Å². The van der Waals surface area contributed by atoms with Crippen molar-refractivity contribution in [1.29, 1.82) is 0 Å². The molecule has 1 fully saturated rings. The van der Waals surface area contributed by atoms with E-state index < -0.39 is 0 Å². The molecular formula is C33H37N3O4. The molecule has 2 heterocycles. The lowest BCUT2D eigenvalue weighted by atomic mass is 9.81. The quantitative estimate of drug-likeness (QED) is 0.416. The van der Waals surface area contributed by atoms with Crippen LogP contribution >= 0.6 is 0 Å². The minimum absolute atomic E-state index is 0.0313. The SMILES string of the molecule is C[C@@H]1CN(CCCNc2cc3c(c4c2C(=O)c2ccccc2C4=O)N=C2C=CC(C(C)(C)C)=CC2O3)C[C@@H](C)O1. The molecular weight excluding hydrogens is 502 g/mol. The van der Waals surface area contributed by atoms with E-state index in [1.165, 1.54) is 5.57 Å². The summed E-state index contributed by atoms with van der Waals surface area (Å²) in [7, 11) is 0. The topological polar surface area (TPSA) is 80.2 Å². The lowest BCUT2D eigenvalue weighted by Gasteiger charge is -2.35. The first-order chi connectivity index (χ1) is 19.1. The number of hydrogen-bond donors (Lipinski definition) is 1. The van der Waals surface area contributed by atoms with Gasteiger partial charge in [-0.05, 0) is 43.4 Å². The van der Waals surface area contributed by atoms with Gasteiger partial charge in [0.05, 0.1) is 29.0 Å². The Morgan fingerprint density at radius 3 is 2.35 bits per heavy atom. The van der Waals surface area contributed by atoms with Crippen molar-refractivity contribution in [2.75, 3.05) is 31.5 Å². The normalized spacial score (nSPS) is 23.8. The number of allylic oxidation sites excluding steroid dienone is 2. The maximum atomic E-state index is 13.9. The average Bonchev–Trinajstić information content (AvgIpc) is 2.91. The first-order valence-electron chi connectivity index (χ1n) is 14.3. The molecule has 0 radical (unpaired) electrons. The van der Waals surface area contributed by atoms with Crippen LogP contribution in [0.3, 0.4) is 0 Å². The molecule has 208 valence electrons. The van der Waals surface area contributed by atoms with Crippen LogP contribution in [0.1, 0.15) is 72.9 Å². The molecule has 0 saturated carbocycles. The van der Waals surface area contributed by atoms with Gasteiger partial charge >= 0.3 is 0 Å². The molecule has 7 nitrogen and oxygen atoms in total. The second-order valence-electron chi connectivity index (χ2n) is 12.3. The first-order valence-corrected chi connectivity index (χ1v) is 14.3. The van der Waals surface area contributed by atoms with Crippen molar-refractivity contribution in [3.05, 3.63) is 76.4 Å². The summed E-state index contributed by atoms with van der Waals surface area (Å²) in [6.45, 7) is 14.1. The van der Waals surface area contributed by atoms with Gasteiger partial charge in [0.15, 0.2) is 17.7 Å². The Balaban J connectivity index is 1.34. The molecule has 4 aliphatic rings. The van der Waals surface area contributed by atoms with E-state index in [1.54, 1.807) is 24.3 Å². The maximum absolute atomic E-state index is 13.9. The summed E-state index contributed by atoms with van der Waals surface area (Å²) in [4.78, 5) is 35.0.